The Morgan fingerprint density at radius 2 is 1.71 bits per heavy atom. The van der Waals surface area contributed by atoms with E-state index in [4.69, 9.17) is 11.6 Å². The van der Waals surface area contributed by atoms with E-state index in [2.05, 4.69) is 5.32 Å². The van der Waals surface area contributed by atoms with Crippen LogP contribution in [-0.2, 0) is 22.7 Å². The van der Waals surface area contributed by atoms with Crippen molar-refractivity contribution in [3.05, 3.63) is 95.0 Å². The van der Waals surface area contributed by atoms with Crippen LogP contribution in [-0.4, -0.2) is 17.1 Å². The molecule has 0 saturated carbocycles. The van der Waals surface area contributed by atoms with E-state index in [1.165, 1.54) is 11.8 Å². The number of rotatable bonds is 6. The van der Waals surface area contributed by atoms with Crippen LogP contribution in [0.3, 0.4) is 0 Å². The monoisotopic (exact) mass is 450 g/mol. The molecule has 0 saturated heterocycles. The topological polar surface area (TPSA) is 49.4 Å². The molecule has 1 N–H and O–H groups in total. The highest BCUT2D eigenvalue weighted by Crippen LogP contribution is 2.42. The van der Waals surface area contributed by atoms with Gasteiger partial charge in [-0.05, 0) is 29.3 Å². The molecule has 0 unspecified atom stereocenters. The Bertz CT molecular complexity index is 1090. The minimum Gasteiger partial charge on any atom is -0.352 e. The molecule has 158 valence electrons. The lowest BCUT2D eigenvalue weighted by atomic mass is 10.0. The molecule has 0 spiro atoms. The molecule has 3 aromatic rings. The zero-order valence-electron chi connectivity index (χ0n) is 17.1. The van der Waals surface area contributed by atoms with E-state index >= 15 is 0 Å². The molecule has 6 heteroatoms. The van der Waals surface area contributed by atoms with Gasteiger partial charge in [0.05, 0.1) is 18.2 Å². The van der Waals surface area contributed by atoms with E-state index in [0.717, 1.165) is 21.7 Å². The highest BCUT2D eigenvalue weighted by molar-refractivity contribution is 8.01. The number of nitrogens with one attached hydrogen (secondary N) is 1. The van der Waals surface area contributed by atoms with Crippen molar-refractivity contribution in [2.75, 3.05) is 4.90 Å². The molecule has 1 aliphatic rings. The number of amides is 2. The van der Waals surface area contributed by atoms with Crippen molar-refractivity contribution in [2.24, 2.45) is 5.92 Å². The largest absolute Gasteiger partial charge is 0.352 e. The van der Waals surface area contributed by atoms with Crippen LogP contribution in [0.25, 0.3) is 0 Å². The molecular weight excluding hydrogens is 428 g/mol. The second kappa shape index (κ2) is 9.58. The molecule has 2 amide bonds. The average Bonchev–Trinajstić information content (AvgIpc) is 2.80. The standard InChI is InChI=1S/C25H23ClN2O2S/c1-17(24(29)27-15-18-9-3-2-4-10-18)23-25(30)28(16-19-11-5-6-12-20(19)26)21-13-7-8-14-22(21)31-23/h2-14,17,23H,15-16H2,1H3,(H,27,29)/t17-,23+/m0/s1. The van der Waals surface area contributed by atoms with Crippen molar-refractivity contribution in [1.29, 1.82) is 0 Å². The lowest BCUT2D eigenvalue weighted by Crippen LogP contribution is -2.47. The second-order valence-corrected chi connectivity index (χ2v) is 9.10. The van der Waals surface area contributed by atoms with Gasteiger partial charge in [-0.15, -0.1) is 11.8 Å². The van der Waals surface area contributed by atoms with E-state index in [1.54, 1.807) is 4.90 Å². The molecule has 0 fully saturated rings. The summed E-state index contributed by atoms with van der Waals surface area (Å²) in [6.45, 7) is 2.62. The molecular formula is C25H23ClN2O2S. The summed E-state index contributed by atoms with van der Waals surface area (Å²) in [6, 6.07) is 25.1. The van der Waals surface area contributed by atoms with Crippen LogP contribution in [0, 0.1) is 5.92 Å². The third-order valence-electron chi connectivity index (χ3n) is 5.38. The van der Waals surface area contributed by atoms with Crippen LogP contribution in [0.2, 0.25) is 5.02 Å². The van der Waals surface area contributed by atoms with Crippen LogP contribution in [0.5, 0.6) is 0 Å². The summed E-state index contributed by atoms with van der Waals surface area (Å²) in [5.74, 6) is -0.693. The Morgan fingerprint density at radius 1 is 1.03 bits per heavy atom. The number of thioether (sulfide) groups is 1. The highest BCUT2D eigenvalue weighted by Gasteiger charge is 2.39. The third-order valence-corrected chi connectivity index (χ3v) is 7.21. The maximum absolute atomic E-state index is 13.5. The van der Waals surface area contributed by atoms with Gasteiger partial charge in [0.25, 0.3) is 0 Å². The highest BCUT2D eigenvalue weighted by atomic mass is 35.5. The lowest BCUT2D eigenvalue weighted by molar-refractivity contribution is -0.128. The summed E-state index contributed by atoms with van der Waals surface area (Å²) >= 11 is 7.82. The van der Waals surface area contributed by atoms with Crippen LogP contribution in [0.4, 0.5) is 5.69 Å². The van der Waals surface area contributed by atoms with Gasteiger partial charge in [-0.1, -0.05) is 79.2 Å². The quantitative estimate of drug-likeness (QED) is 0.554. The first-order chi connectivity index (χ1) is 15.0. The number of para-hydroxylation sites is 1. The Kier molecular flexibility index (Phi) is 6.64. The summed E-state index contributed by atoms with van der Waals surface area (Å²) < 4.78 is 0. The number of anilines is 1. The molecule has 4 nitrogen and oxygen atoms in total. The Balaban J connectivity index is 1.55. The molecule has 0 bridgehead atoms. The summed E-state index contributed by atoms with van der Waals surface area (Å²) in [7, 11) is 0. The first-order valence-electron chi connectivity index (χ1n) is 10.2. The van der Waals surface area contributed by atoms with E-state index < -0.39 is 11.2 Å². The molecule has 3 aromatic carbocycles. The molecule has 0 aromatic heterocycles. The normalized spacial score (nSPS) is 16.5. The van der Waals surface area contributed by atoms with Crippen LogP contribution < -0.4 is 10.2 Å². The van der Waals surface area contributed by atoms with Crippen LogP contribution in [0.15, 0.2) is 83.8 Å². The Hall–Kier alpha value is -2.76. The molecule has 0 radical (unpaired) electrons. The smallest absolute Gasteiger partial charge is 0.241 e. The third kappa shape index (κ3) is 4.78. The van der Waals surface area contributed by atoms with Crippen molar-refractivity contribution in [1.82, 2.24) is 5.32 Å². The minimum atomic E-state index is -0.506. The Morgan fingerprint density at radius 3 is 2.48 bits per heavy atom. The number of hydrogen-bond donors (Lipinski definition) is 1. The second-order valence-electron chi connectivity index (χ2n) is 7.51. The fraction of sp³-hybridized carbons (Fsp3) is 0.200. The zero-order chi connectivity index (χ0) is 21.8. The van der Waals surface area contributed by atoms with E-state index in [9.17, 15) is 9.59 Å². The van der Waals surface area contributed by atoms with Crippen molar-refractivity contribution in [3.8, 4) is 0 Å². The van der Waals surface area contributed by atoms with Crippen LogP contribution in [0.1, 0.15) is 18.1 Å². The number of fused-ring (bicyclic) bond motifs is 1. The number of halogens is 1. The van der Waals surface area contributed by atoms with Crippen molar-refractivity contribution in [3.63, 3.8) is 0 Å². The van der Waals surface area contributed by atoms with Gasteiger partial charge >= 0.3 is 0 Å². The molecule has 1 aliphatic heterocycles. The summed E-state index contributed by atoms with van der Waals surface area (Å²) in [4.78, 5) is 29.1. The maximum atomic E-state index is 13.5. The van der Waals surface area contributed by atoms with Gasteiger partial charge < -0.3 is 10.2 Å². The minimum absolute atomic E-state index is 0.0778. The number of carbonyl (C=O) groups excluding carboxylic acids is 2. The summed E-state index contributed by atoms with van der Waals surface area (Å²) in [5, 5.41) is 3.09. The molecule has 0 aliphatic carbocycles. The van der Waals surface area contributed by atoms with E-state index in [0.29, 0.717) is 18.1 Å². The number of benzene rings is 3. The Labute approximate surface area is 191 Å². The fourth-order valence-electron chi connectivity index (χ4n) is 3.60. The van der Waals surface area contributed by atoms with E-state index in [-0.39, 0.29) is 11.8 Å². The SMILES string of the molecule is C[C@H](C(=O)NCc1ccccc1)[C@H]1Sc2ccccc2N(Cc2ccccc2Cl)C1=O. The van der Waals surface area contributed by atoms with Gasteiger partial charge in [-0.2, -0.15) is 0 Å². The molecule has 2 atom stereocenters. The predicted octanol–water partition coefficient (Wildman–Crippen LogP) is 5.30. The van der Waals surface area contributed by atoms with Gasteiger partial charge in [-0.3, -0.25) is 9.59 Å². The zero-order valence-corrected chi connectivity index (χ0v) is 18.7. The first kappa shape index (κ1) is 21.5. The van der Waals surface area contributed by atoms with Gasteiger partial charge in [-0.25, -0.2) is 0 Å². The van der Waals surface area contributed by atoms with Gasteiger partial charge in [0, 0.05) is 16.5 Å². The van der Waals surface area contributed by atoms with Crippen LogP contribution >= 0.6 is 23.4 Å². The molecule has 1 heterocycles. The maximum Gasteiger partial charge on any atom is 0.241 e. The van der Waals surface area contributed by atoms with Crippen molar-refractivity contribution >= 4 is 40.9 Å². The lowest BCUT2D eigenvalue weighted by Gasteiger charge is -2.36. The predicted molar refractivity (Wildman–Crippen MR) is 126 cm³/mol. The first-order valence-corrected chi connectivity index (χ1v) is 11.4. The molecule has 4 rings (SSSR count). The number of hydrogen-bond acceptors (Lipinski definition) is 3. The molecule has 31 heavy (non-hydrogen) atoms. The summed E-state index contributed by atoms with van der Waals surface area (Å²) in [5.41, 5.74) is 2.75. The van der Waals surface area contributed by atoms with Gasteiger partial charge in [0.15, 0.2) is 0 Å². The summed E-state index contributed by atoms with van der Waals surface area (Å²) in [6.07, 6.45) is 0. The number of carbonyl (C=O) groups is 2. The van der Waals surface area contributed by atoms with E-state index in [1.807, 2.05) is 85.8 Å². The van der Waals surface area contributed by atoms with Gasteiger partial charge in [0.1, 0.15) is 5.25 Å². The number of nitrogens with zero attached hydrogens (tertiary/aromatic N) is 1. The van der Waals surface area contributed by atoms with Gasteiger partial charge in [0.2, 0.25) is 11.8 Å². The van der Waals surface area contributed by atoms with Crippen molar-refractivity contribution < 1.29 is 9.59 Å². The average molecular weight is 451 g/mol. The van der Waals surface area contributed by atoms with Crippen molar-refractivity contribution in [2.45, 2.75) is 30.2 Å². The fourth-order valence-corrected chi connectivity index (χ4v) is 5.08.